The Balaban J connectivity index is 1.48. The number of hydrogen-bond donors (Lipinski definition) is 1. The number of aromatic nitrogens is 3. The van der Waals surface area contributed by atoms with Crippen LogP contribution in [-0.2, 0) is 9.59 Å². The topological polar surface area (TPSA) is 97.3 Å². The SMILES string of the molecule is CC(C(=O)Nc1nncs1)[C@H]1c2ccccc2Oc2nc(N3CCC(=O)CC3)ccc21. The number of fused-ring (bicyclic) bond motifs is 2. The lowest BCUT2D eigenvalue weighted by Gasteiger charge is -2.32. The van der Waals surface area contributed by atoms with Crippen molar-refractivity contribution >= 4 is 34.0 Å². The van der Waals surface area contributed by atoms with Crippen LogP contribution in [-0.4, -0.2) is 40.0 Å². The van der Waals surface area contributed by atoms with Crippen LogP contribution in [0.25, 0.3) is 0 Å². The Kier molecular flexibility index (Phi) is 5.11. The molecule has 0 bridgehead atoms. The van der Waals surface area contributed by atoms with Crippen LogP contribution in [0, 0.1) is 5.92 Å². The summed E-state index contributed by atoms with van der Waals surface area (Å²) in [4.78, 5) is 31.5. The first-order valence-corrected chi connectivity index (χ1v) is 11.1. The molecule has 3 aromatic rings. The highest BCUT2D eigenvalue weighted by molar-refractivity contribution is 7.13. The van der Waals surface area contributed by atoms with E-state index in [0.29, 0.717) is 42.7 Å². The number of carbonyl (C=O) groups is 2. The molecule has 0 spiro atoms. The lowest BCUT2D eigenvalue weighted by Crippen LogP contribution is -2.34. The summed E-state index contributed by atoms with van der Waals surface area (Å²) >= 11 is 1.28. The highest BCUT2D eigenvalue weighted by Crippen LogP contribution is 2.47. The molecule has 1 N–H and O–H groups in total. The van der Waals surface area contributed by atoms with Crippen LogP contribution in [0.15, 0.2) is 41.9 Å². The minimum absolute atomic E-state index is 0.136. The summed E-state index contributed by atoms with van der Waals surface area (Å²) in [5.41, 5.74) is 3.40. The Bertz CT molecular complexity index is 1120. The molecule has 8 nitrogen and oxygen atoms in total. The predicted molar refractivity (Wildman–Crippen MR) is 117 cm³/mol. The fourth-order valence-corrected chi connectivity index (χ4v) is 4.61. The van der Waals surface area contributed by atoms with Crippen LogP contribution >= 0.6 is 11.3 Å². The Labute approximate surface area is 183 Å². The summed E-state index contributed by atoms with van der Waals surface area (Å²) in [6, 6.07) is 11.7. The zero-order valence-corrected chi connectivity index (χ0v) is 17.8. The number of pyridine rings is 1. The van der Waals surface area contributed by atoms with Gasteiger partial charge in [0.15, 0.2) is 0 Å². The number of piperidine rings is 1. The van der Waals surface area contributed by atoms with E-state index in [1.54, 1.807) is 5.51 Å². The molecule has 2 aliphatic rings. The number of nitrogens with zero attached hydrogens (tertiary/aromatic N) is 4. The number of anilines is 2. The van der Waals surface area contributed by atoms with Crippen molar-refractivity contribution in [3.8, 4) is 11.6 Å². The van der Waals surface area contributed by atoms with Crippen LogP contribution in [0.5, 0.6) is 11.6 Å². The molecule has 4 heterocycles. The van der Waals surface area contributed by atoms with Crippen LogP contribution in [0.4, 0.5) is 10.9 Å². The van der Waals surface area contributed by atoms with Gasteiger partial charge in [0, 0.05) is 48.9 Å². The smallest absolute Gasteiger partial charge is 0.229 e. The van der Waals surface area contributed by atoms with E-state index < -0.39 is 0 Å². The molecular weight excluding hydrogens is 414 g/mol. The van der Waals surface area contributed by atoms with Crippen molar-refractivity contribution in [2.45, 2.75) is 25.7 Å². The number of ketones is 1. The Hall–Kier alpha value is -3.33. The number of amides is 1. The fourth-order valence-electron chi connectivity index (χ4n) is 4.16. The van der Waals surface area contributed by atoms with Gasteiger partial charge in [-0.15, -0.1) is 10.2 Å². The Morgan fingerprint density at radius 3 is 2.77 bits per heavy atom. The van der Waals surface area contributed by atoms with Gasteiger partial charge in [0.2, 0.25) is 16.9 Å². The molecule has 0 saturated carbocycles. The molecule has 2 aliphatic heterocycles. The van der Waals surface area contributed by atoms with Gasteiger partial charge in [-0.1, -0.05) is 36.5 Å². The number of hydrogen-bond acceptors (Lipinski definition) is 8. The molecule has 1 unspecified atom stereocenters. The highest BCUT2D eigenvalue weighted by Gasteiger charge is 2.36. The van der Waals surface area contributed by atoms with Crippen LogP contribution in [0.2, 0.25) is 0 Å². The van der Waals surface area contributed by atoms with Gasteiger partial charge in [-0.3, -0.25) is 9.59 Å². The lowest BCUT2D eigenvalue weighted by molar-refractivity contribution is -0.120. The molecule has 158 valence electrons. The van der Waals surface area contributed by atoms with Gasteiger partial charge in [0.05, 0.1) is 0 Å². The van der Waals surface area contributed by atoms with Crippen molar-refractivity contribution in [2.24, 2.45) is 5.92 Å². The number of Topliss-reactive ketones (excluding diaryl/α,β-unsaturated/α-hetero) is 1. The van der Waals surface area contributed by atoms with E-state index in [0.717, 1.165) is 16.9 Å². The van der Waals surface area contributed by atoms with Gasteiger partial charge in [0.1, 0.15) is 22.9 Å². The molecule has 1 aromatic carbocycles. The first-order valence-electron chi connectivity index (χ1n) is 10.2. The number of para-hydroxylation sites is 1. The molecule has 0 radical (unpaired) electrons. The highest BCUT2D eigenvalue weighted by atomic mass is 32.1. The van der Waals surface area contributed by atoms with Gasteiger partial charge in [0.25, 0.3) is 0 Å². The van der Waals surface area contributed by atoms with E-state index >= 15 is 0 Å². The largest absolute Gasteiger partial charge is 0.438 e. The number of ether oxygens (including phenoxy) is 1. The third-order valence-corrected chi connectivity index (χ3v) is 6.43. The summed E-state index contributed by atoms with van der Waals surface area (Å²) in [6.45, 7) is 3.22. The molecule has 0 aliphatic carbocycles. The molecule has 1 amide bonds. The summed E-state index contributed by atoms with van der Waals surface area (Å²) in [7, 11) is 0. The first-order chi connectivity index (χ1) is 15.1. The minimum atomic E-state index is -0.382. The predicted octanol–water partition coefficient (Wildman–Crippen LogP) is 3.61. The summed E-state index contributed by atoms with van der Waals surface area (Å²) in [6.07, 6.45) is 1.07. The van der Waals surface area contributed by atoms with Gasteiger partial charge in [-0.05, 0) is 18.2 Å². The van der Waals surface area contributed by atoms with Crippen LogP contribution in [0.1, 0.15) is 36.8 Å². The zero-order chi connectivity index (χ0) is 21.4. The molecule has 2 aromatic heterocycles. The maximum absolute atomic E-state index is 13.0. The summed E-state index contributed by atoms with van der Waals surface area (Å²) < 4.78 is 6.14. The quantitative estimate of drug-likeness (QED) is 0.668. The Morgan fingerprint density at radius 1 is 1.19 bits per heavy atom. The third kappa shape index (κ3) is 3.76. The van der Waals surface area contributed by atoms with Gasteiger partial charge in [-0.2, -0.15) is 4.98 Å². The molecule has 5 rings (SSSR count). The van der Waals surface area contributed by atoms with Crippen LogP contribution in [0.3, 0.4) is 0 Å². The maximum Gasteiger partial charge on any atom is 0.229 e. The van der Waals surface area contributed by atoms with Gasteiger partial charge >= 0.3 is 0 Å². The van der Waals surface area contributed by atoms with Crippen molar-refractivity contribution in [3.05, 3.63) is 53.0 Å². The van der Waals surface area contributed by atoms with E-state index in [1.165, 1.54) is 11.3 Å². The number of nitrogens with one attached hydrogen (secondary N) is 1. The molecule has 2 atom stereocenters. The van der Waals surface area contributed by atoms with E-state index in [4.69, 9.17) is 9.72 Å². The second-order valence-electron chi connectivity index (χ2n) is 7.73. The summed E-state index contributed by atoms with van der Waals surface area (Å²) in [5, 5.41) is 11.0. The average molecular weight is 436 g/mol. The average Bonchev–Trinajstić information content (AvgIpc) is 3.30. The first kappa shape index (κ1) is 19.6. The van der Waals surface area contributed by atoms with Crippen molar-refractivity contribution in [3.63, 3.8) is 0 Å². The molecule has 9 heteroatoms. The van der Waals surface area contributed by atoms with Crippen molar-refractivity contribution in [1.29, 1.82) is 0 Å². The van der Waals surface area contributed by atoms with Crippen molar-refractivity contribution < 1.29 is 14.3 Å². The molecule has 1 saturated heterocycles. The maximum atomic E-state index is 13.0. The summed E-state index contributed by atoms with van der Waals surface area (Å²) in [5.74, 6) is 1.56. The lowest BCUT2D eigenvalue weighted by atomic mass is 9.80. The standard InChI is InChI=1S/C22H21N5O3S/c1-13(20(29)25-22-26-23-12-31-22)19-15-4-2-3-5-17(15)30-21-16(19)6-7-18(24-21)27-10-8-14(28)9-11-27/h2-7,12-13,19H,8-11H2,1H3,(H,25,26,29)/t13?,19-/m0/s1. The van der Waals surface area contributed by atoms with E-state index in [9.17, 15) is 9.59 Å². The van der Waals surface area contributed by atoms with E-state index in [-0.39, 0.29) is 23.5 Å². The van der Waals surface area contributed by atoms with Gasteiger partial charge in [-0.25, -0.2) is 0 Å². The van der Waals surface area contributed by atoms with Crippen LogP contribution < -0.4 is 15.0 Å². The molecule has 1 fully saturated rings. The fraction of sp³-hybridized carbons (Fsp3) is 0.318. The molecule has 31 heavy (non-hydrogen) atoms. The van der Waals surface area contributed by atoms with Crippen molar-refractivity contribution in [1.82, 2.24) is 15.2 Å². The Morgan fingerprint density at radius 2 is 2.00 bits per heavy atom. The zero-order valence-electron chi connectivity index (χ0n) is 16.9. The second-order valence-corrected chi connectivity index (χ2v) is 8.56. The van der Waals surface area contributed by atoms with E-state index in [1.807, 2.05) is 43.3 Å². The number of carbonyl (C=O) groups excluding carboxylic acids is 2. The normalized spacial score (nSPS) is 18.5. The van der Waals surface area contributed by atoms with Crippen molar-refractivity contribution in [2.75, 3.05) is 23.3 Å². The number of rotatable bonds is 4. The third-order valence-electron chi connectivity index (χ3n) is 5.82. The van der Waals surface area contributed by atoms with E-state index in [2.05, 4.69) is 20.4 Å². The number of benzene rings is 1. The second kappa shape index (κ2) is 8.07. The molecular formula is C22H21N5O3S. The minimum Gasteiger partial charge on any atom is -0.438 e. The monoisotopic (exact) mass is 435 g/mol. The van der Waals surface area contributed by atoms with Gasteiger partial charge < -0.3 is 15.0 Å².